The standard InChI is InChI=1S/C31H38F4N2O2S/c32-26-3-1-2-22(16-26)27-17-23(28(30(38)39)14-21-4-5-21)15-24(27)19-37-11-8-20(9-12-37)10-13-40-29-7-6-25(18-36-29)31(33,34)35/h1-3,6-7,16,18,20-21,23-24,27-28H,4-5,8-15,17,19H2,(H,38,39)/t23?,24?,27-,28?/m1/s1. The number of nitrogens with zero attached hydrogens (tertiary/aromatic N) is 2. The van der Waals surface area contributed by atoms with Gasteiger partial charge >= 0.3 is 12.1 Å². The molecule has 2 aromatic rings. The summed E-state index contributed by atoms with van der Waals surface area (Å²) in [6.45, 7) is 2.87. The zero-order valence-electron chi connectivity index (χ0n) is 22.7. The van der Waals surface area contributed by atoms with E-state index in [2.05, 4.69) is 9.88 Å². The summed E-state index contributed by atoms with van der Waals surface area (Å²) in [5.41, 5.74) is 0.269. The van der Waals surface area contributed by atoms with Gasteiger partial charge in [0, 0.05) is 12.7 Å². The number of likely N-dealkylation sites (tertiary alicyclic amines) is 1. The minimum atomic E-state index is -4.37. The van der Waals surface area contributed by atoms with E-state index in [1.54, 1.807) is 12.1 Å². The molecule has 1 N–H and O–H groups in total. The Morgan fingerprint density at radius 1 is 1.07 bits per heavy atom. The van der Waals surface area contributed by atoms with Gasteiger partial charge in [0.1, 0.15) is 5.82 Å². The first kappa shape index (κ1) is 29.4. The van der Waals surface area contributed by atoms with Gasteiger partial charge in [0.15, 0.2) is 0 Å². The number of carbonyl (C=O) groups is 1. The van der Waals surface area contributed by atoms with E-state index in [-0.39, 0.29) is 23.6 Å². The quantitative estimate of drug-likeness (QED) is 0.218. The molecule has 2 saturated carbocycles. The molecular weight excluding hydrogens is 540 g/mol. The number of aromatic nitrogens is 1. The smallest absolute Gasteiger partial charge is 0.417 e. The molecule has 1 aliphatic heterocycles. The molecule has 0 bridgehead atoms. The van der Waals surface area contributed by atoms with Gasteiger partial charge in [0.05, 0.1) is 16.5 Å². The molecule has 1 aromatic carbocycles. The number of alkyl halides is 3. The molecule has 5 rings (SSSR count). The second-order valence-electron chi connectivity index (χ2n) is 12.0. The SMILES string of the molecule is O=C(O)C(CC1CC1)C1CC(CN2CCC(CCSc3ccc(C(F)(F)F)cn3)CC2)[C@@H](c2cccc(F)c2)C1. The third kappa shape index (κ3) is 7.78. The van der Waals surface area contributed by atoms with Crippen LogP contribution in [0.15, 0.2) is 47.6 Å². The molecule has 2 aliphatic carbocycles. The molecule has 3 unspecified atom stereocenters. The summed E-state index contributed by atoms with van der Waals surface area (Å²) >= 11 is 1.50. The first-order chi connectivity index (χ1) is 19.2. The Morgan fingerprint density at radius 2 is 1.85 bits per heavy atom. The van der Waals surface area contributed by atoms with Crippen LogP contribution >= 0.6 is 11.8 Å². The van der Waals surface area contributed by atoms with E-state index >= 15 is 0 Å². The number of piperidine rings is 1. The Bertz CT molecular complexity index is 1130. The number of pyridine rings is 1. The van der Waals surface area contributed by atoms with Crippen LogP contribution in [0.1, 0.15) is 68.4 Å². The van der Waals surface area contributed by atoms with Crippen molar-refractivity contribution < 1.29 is 27.5 Å². The normalized spacial score (nSPS) is 25.2. The molecule has 0 amide bonds. The van der Waals surface area contributed by atoms with Gasteiger partial charge in [0.25, 0.3) is 0 Å². The van der Waals surface area contributed by atoms with Crippen LogP contribution in [0, 0.1) is 35.4 Å². The summed E-state index contributed by atoms with van der Waals surface area (Å²) in [5.74, 6) is 1.34. The van der Waals surface area contributed by atoms with Crippen molar-refractivity contribution in [2.24, 2.45) is 29.6 Å². The highest BCUT2D eigenvalue weighted by Crippen LogP contribution is 2.49. The fourth-order valence-electron chi connectivity index (χ4n) is 6.80. The van der Waals surface area contributed by atoms with E-state index in [0.29, 0.717) is 22.8 Å². The number of halogens is 4. The molecule has 1 aromatic heterocycles. The summed E-state index contributed by atoms with van der Waals surface area (Å²) < 4.78 is 52.4. The van der Waals surface area contributed by atoms with Crippen molar-refractivity contribution in [3.63, 3.8) is 0 Å². The van der Waals surface area contributed by atoms with E-state index in [1.165, 1.54) is 23.9 Å². The lowest BCUT2D eigenvalue weighted by molar-refractivity contribution is -0.144. The number of carboxylic acid groups (broad SMARTS) is 1. The van der Waals surface area contributed by atoms with Crippen molar-refractivity contribution in [1.82, 2.24) is 9.88 Å². The van der Waals surface area contributed by atoms with E-state index < -0.39 is 17.7 Å². The van der Waals surface area contributed by atoms with Crippen LogP contribution in [0.2, 0.25) is 0 Å². The van der Waals surface area contributed by atoms with Gasteiger partial charge in [-0.3, -0.25) is 4.79 Å². The van der Waals surface area contributed by atoms with Gasteiger partial charge in [-0.1, -0.05) is 25.0 Å². The number of hydrogen-bond donors (Lipinski definition) is 1. The highest BCUT2D eigenvalue weighted by molar-refractivity contribution is 7.99. The van der Waals surface area contributed by atoms with Crippen molar-refractivity contribution in [2.45, 2.75) is 68.5 Å². The monoisotopic (exact) mass is 578 g/mol. The molecule has 0 spiro atoms. The lowest BCUT2D eigenvalue weighted by Gasteiger charge is -2.35. The average Bonchev–Trinajstić information content (AvgIpc) is 3.65. The highest BCUT2D eigenvalue weighted by Gasteiger charge is 2.43. The summed E-state index contributed by atoms with van der Waals surface area (Å²) in [6.07, 6.45) is 4.41. The van der Waals surface area contributed by atoms with Crippen molar-refractivity contribution in [3.8, 4) is 0 Å². The van der Waals surface area contributed by atoms with Crippen molar-refractivity contribution in [2.75, 3.05) is 25.4 Å². The molecular formula is C31H38F4N2O2S. The van der Waals surface area contributed by atoms with E-state index in [4.69, 9.17) is 0 Å². The van der Waals surface area contributed by atoms with Crippen LogP contribution in [0.4, 0.5) is 17.6 Å². The largest absolute Gasteiger partial charge is 0.481 e. The number of benzene rings is 1. The predicted molar refractivity (Wildman–Crippen MR) is 148 cm³/mol. The summed E-state index contributed by atoms with van der Waals surface area (Å²) in [7, 11) is 0. The first-order valence-electron chi connectivity index (χ1n) is 14.5. The van der Waals surface area contributed by atoms with Gasteiger partial charge in [0.2, 0.25) is 0 Å². The second kappa shape index (κ2) is 12.8. The van der Waals surface area contributed by atoms with Crippen LogP contribution in [0.3, 0.4) is 0 Å². The molecule has 9 heteroatoms. The van der Waals surface area contributed by atoms with Crippen LogP contribution < -0.4 is 0 Å². The maximum Gasteiger partial charge on any atom is 0.417 e. The third-order valence-electron chi connectivity index (χ3n) is 9.22. The Labute approximate surface area is 237 Å². The van der Waals surface area contributed by atoms with Gasteiger partial charge in [-0.2, -0.15) is 13.2 Å². The summed E-state index contributed by atoms with van der Waals surface area (Å²) in [6, 6.07) is 9.39. The van der Waals surface area contributed by atoms with Gasteiger partial charge in [-0.15, -0.1) is 11.8 Å². The first-order valence-corrected chi connectivity index (χ1v) is 15.5. The van der Waals surface area contributed by atoms with Crippen molar-refractivity contribution in [1.29, 1.82) is 0 Å². The Morgan fingerprint density at radius 3 is 2.48 bits per heavy atom. The van der Waals surface area contributed by atoms with Gasteiger partial charge < -0.3 is 10.0 Å². The molecule has 218 valence electrons. The fourth-order valence-corrected chi connectivity index (χ4v) is 7.76. The fraction of sp³-hybridized carbons (Fsp3) is 0.613. The Balaban J connectivity index is 1.13. The summed E-state index contributed by atoms with van der Waals surface area (Å²) in [5, 5.41) is 10.6. The number of hydrogen-bond acceptors (Lipinski definition) is 4. The maximum atomic E-state index is 14.1. The molecule has 1 saturated heterocycles. The predicted octanol–water partition coefficient (Wildman–Crippen LogP) is 7.74. The molecule has 40 heavy (non-hydrogen) atoms. The van der Waals surface area contributed by atoms with E-state index in [0.717, 1.165) is 94.6 Å². The van der Waals surface area contributed by atoms with Crippen LogP contribution in [0.25, 0.3) is 0 Å². The lowest BCUT2D eigenvalue weighted by Crippen LogP contribution is -2.38. The summed E-state index contributed by atoms with van der Waals surface area (Å²) in [4.78, 5) is 18.6. The highest BCUT2D eigenvalue weighted by atomic mass is 32.2. The van der Waals surface area contributed by atoms with Crippen molar-refractivity contribution in [3.05, 3.63) is 59.5 Å². The minimum Gasteiger partial charge on any atom is -0.481 e. The lowest BCUT2D eigenvalue weighted by atomic mass is 9.85. The molecule has 2 heterocycles. The van der Waals surface area contributed by atoms with Gasteiger partial charge in [-0.05, 0) is 117 Å². The van der Waals surface area contributed by atoms with Crippen LogP contribution in [-0.4, -0.2) is 46.3 Å². The zero-order chi connectivity index (χ0) is 28.3. The number of thioether (sulfide) groups is 1. The number of carboxylic acids is 1. The van der Waals surface area contributed by atoms with E-state index in [9.17, 15) is 27.5 Å². The Kier molecular flexibility index (Phi) is 9.40. The maximum absolute atomic E-state index is 14.1. The van der Waals surface area contributed by atoms with E-state index in [1.807, 2.05) is 6.07 Å². The average molecular weight is 579 g/mol. The van der Waals surface area contributed by atoms with Crippen LogP contribution in [-0.2, 0) is 11.0 Å². The zero-order valence-corrected chi connectivity index (χ0v) is 23.5. The number of rotatable bonds is 11. The second-order valence-corrected chi connectivity index (χ2v) is 13.2. The molecule has 3 fully saturated rings. The minimum absolute atomic E-state index is 0.129. The van der Waals surface area contributed by atoms with Crippen LogP contribution in [0.5, 0.6) is 0 Å². The van der Waals surface area contributed by atoms with Gasteiger partial charge in [-0.25, -0.2) is 9.37 Å². The molecule has 3 aliphatic rings. The Hall–Kier alpha value is -2.13. The molecule has 0 radical (unpaired) electrons. The topological polar surface area (TPSA) is 53.4 Å². The molecule has 4 atom stereocenters. The van der Waals surface area contributed by atoms with Crippen molar-refractivity contribution >= 4 is 17.7 Å². The molecule has 4 nitrogen and oxygen atoms in total. The number of aliphatic carboxylic acids is 1. The third-order valence-corrected chi connectivity index (χ3v) is 10.2.